The molecule has 5 heteroatoms. The first-order chi connectivity index (χ1) is 10.1. The van der Waals surface area contributed by atoms with Crippen molar-refractivity contribution >= 4 is 29.3 Å². The van der Waals surface area contributed by atoms with E-state index in [4.69, 9.17) is 27.9 Å². The van der Waals surface area contributed by atoms with Crippen LogP contribution in [0.5, 0.6) is 5.88 Å². The third-order valence-corrected chi connectivity index (χ3v) is 3.67. The van der Waals surface area contributed by atoms with E-state index in [1.807, 2.05) is 22.9 Å². The van der Waals surface area contributed by atoms with Gasteiger partial charge in [-0.25, -0.2) is 0 Å². The third kappa shape index (κ3) is 4.26. The van der Waals surface area contributed by atoms with E-state index in [0.29, 0.717) is 29.1 Å². The minimum absolute atomic E-state index is 0.550. The summed E-state index contributed by atoms with van der Waals surface area (Å²) in [4.78, 5) is 0. The number of ether oxygens (including phenoxy) is 1. The normalized spacial score (nSPS) is 10.6. The molecule has 0 N–H and O–H groups in total. The highest BCUT2D eigenvalue weighted by Gasteiger charge is 2.09. The molecule has 0 radical (unpaired) electrons. The van der Waals surface area contributed by atoms with Crippen molar-refractivity contribution in [3.05, 3.63) is 52.1 Å². The molecular weight excluding hydrogens is 307 g/mol. The number of hydrogen-bond acceptors (Lipinski definition) is 2. The molecule has 2 rings (SSSR count). The Hall–Kier alpha value is -1.45. The quantitative estimate of drug-likeness (QED) is 0.665. The first kappa shape index (κ1) is 15.9. The summed E-state index contributed by atoms with van der Waals surface area (Å²) in [7, 11) is 0. The topological polar surface area (TPSA) is 27.1 Å². The molecule has 0 aliphatic rings. The van der Waals surface area contributed by atoms with Crippen molar-refractivity contribution in [2.45, 2.75) is 26.3 Å². The van der Waals surface area contributed by atoms with Gasteiger partial charge >= 0.3 is 0 Å². The van der Waals surface area contributed by atoms with Gasteiger partial charge in [0, 0.05) is 16.1 Å². The summed E-state index contributed by atoms with van der Waals surface area (Å²) in [6, 6.07) is 7.33. The largest absolute Gasteiger partial charge is 0.477 e. The first-order valence-corrected chi connectivity index (χ1v) is 7.66. The van der Waals surface area contributed by atoms with Gasteiger partial charge in [-0.3, -0.25) is 4.68 Å². The number of hydrogen-bond donors (Lipinski definition) is 0. The van der Waals surface area contributed by atoms with Crippen LogP contribution in [-0.2, 0) is 6.54 Å². The van der Waals surface area contributed by atoms with Gasteiger partial charge < -0.3 is 4.74 Å². The van der Waals surface area contributed by atoms with Gasteiger partial charge in [0.25, 0.3) is 0 Å². The van der Waals surface area contributed by atoms with Gasteiger partial charge in [-0.15, -0.1) is 5.10 Å². The fraction of sp³-hybridized carbons (Fsp3) is 0.312. The van der Waals surface area contributed by atoms with E-state index in [-0.39, 0.29) is 0 Å². The standard InChI is InChI=1S/C16H18Cl2N2O/c1-3-5-8-21-16-10-14(4-2)20(19-16)11-12-6-7-13(17)9-15(12)18/h4,6-7,9-10H,2-3,5,8,11H2,1H3. The molecule has 0 saturated heterocycles. The van der Waals surface area contributed by atoms with E-state index in [1.54, 1.807) is 12.1 Å². The van der Waals surface area contributed by atoms with Crippen molar-refractivity contribution in [2.75, 3.05) is 6.61 Å². The van der Waals surface area contributed by atoms with E-state index < -0.39 is 0 Å². The van der Waals surface area contributed by atoms with Gasteiger partial charge in [-0.05, 0) is 30.2 Å². The predicted octanol–water partition coefficient (Wildman–Crippen LogP) is 5.06. The highest BCUT2D eigenvalue weighted by Crippen LogP contribution is 2.23. The minimum Gasteiger partial charge on any atom is -0.477 e. The molecule has 3 nitrogen and oxygen atoms in total. The number of unbranched alkanes of at least 4 members (excludes halogenated alkanes) is 1. The molecule has 0 saturated carbocycles. The van der Waals surface area contributed by atoms with Crippen molar-refractivity contribution < 1.29 is 4.74 Å². The van der Waals surface area contributed by atoms with Crippen LogP contribution in [-0.4, -0.2) is 16.4 Å². The molecule has 0 aliphatic carbocycles. The van der Waals surface area contributed by atoms with Crippen LogP contribution >= 0.6 is 23.2 Å². The maximum Gasteiger partial charge on any atom is 0.233 e. The molecular formula is C16H18Cl2N2O. The number of nitrogens with zero attached hydrogens (tertiary/aromatic N) is 2. The summed E-state index contributed by atoms with van der Waals surface area (Å²) in [6.07, 6.45) is 3.86. The zero-order valence-electron chi connectivity index (χ0n) is 12.0. The van der Waals surface area contributed by atoms with E-state index in [0.717, 1.165) is 24.1 Å². The van der Waals surface area contributed by atoms with E-state index in [1.165, 1.54) is 0 Å². The van der Waals surface area contributed by atoms with Crippen LogP contribution in [0.4, 0.5) is 0 Å². The zero-order valence-corrected chi connectivity index (χ0v) is 13.5. The zero-order chi connectivity index (χ0) is 15.2. The highest BCUT2D eigenvalue weighted by molar-refractivity contribution is 6.35. The van der Waals surface area contributed by atoms with Gasteiger partial charge in [0.05, 0.1) is 18.8 Å². The fourth-order valence-corrected chi connectivity index (χ4v) is 2.37. The second kappa shape index (κ2) is 7.53. The molecule has 21 heavy (non-hydrogen) atoms. The Kier molecular flexibility index (Phi) is 5.71. The van der Waals surface area contributed by atoms with Crippen molar-refractivity contribution in [2.24, 2.45) is 0 Å². The summed E-state index contributed by atoms with van der Waals surface area (Å²) >= 11 is 12.1. The van der Waals surface area contributed by atoms with Gasteiger partial charge in [-0.1, -0.05) is 49.2 Å². The summed E-state index contributed by atoms with van der Waals surface area (Å²) in [5.41, 5.74) is 1.85. The van der Waals surface area contributed by atoms with Crippen LogP contribution in [0.1, 0.15) is 31.0 Å². The first-order valence-electron chi connectivity index (χ1n) is 6.91. The molecule has 0 aliphatic heterocycles. The van der Waals surface area contributed by atoms with Crippen LogP contribution < -0.4 is 4.74 Å². The molecule has 0 atom stereocenters. The number of halogens is 2. The number of rotatable bonds is 7. The number of aromatic nitrogens is 2. The van der Waals surface area contributed by atoms with E-state index in [9.17, 15) is 0 Å². The van der Waals surface area contributed by atoms with Crippen molar-refractivity contribution in [1.82, 2.24) is 9.78 Å². The van der Waals surface area contributed by atoms with Crippen LogP contribution in [0.3, 0.4) is 0 Å². The van der Waals surface area contributed by atoms with Gasteiger partial charge in [0.2, 0.25) is 5.88 Å². The predicted molar refractivity (Wildman–Crippen MR) is 88.3 cm³/mol. The van der Waals surface area contributed by atoms with Gasteiger partial charge in [0.15, 0.2) is 0 Å². The smallest absolute Gasteiger partial charge is 0.233 e. The van der Waals surface area contributed by atoms with Crippen molar-refractivity contribution in [3.8, 4) is 5.88 Å². The molecule has 1 heterocycles. The summed E-state index contributed by atoms with van der Waals surface area (Å²) in [5, 5.41) is 5.69. The third-order valence-electron chi connectivity index (χ3n) is 3.08. The second-order valence-electron chi connectivity index (χ2n) is 4.71. The SMILES string of the molecule is C=Cc1cc(OCCCC)nn1Cc1ccc(Cl)cc1Cl. The van der Waals surface area contributed by atoms with Crippen LogP contribution in [0, 0.1) is 0 Å². The Morgan fingerprint density at radius 2 is 2.14 bits per heavy atom. The summed E-state index contributed by atoms with van der Waals surface area (Å²) < 4.78 is 7.45. The van der Waals surface area contributed by atoms with Gasteiger partial charge in [0.1, 0.15) is 0 Å². The molecule has 1 aromatic heterocycles. The average Bonchev–Trinajstić information content (AvgIpc) is 2.84. The van der Waals surface area contributed by atoms with Crippen molar-refractivity contribution in [1.29, 1.82) is 0 Å². The lowest BCUT2D eigenvalue weighted by Crippen LogP contribution is -2.05. The maximum absolute atomic E-state index is 6.20. The Morgan fingerprint density at radius 1 is 1.33 bits per heavy atom. The van der Waals surface area contributed by atoms with Gasteiger partial charge in [-0.2, -0.15) is 0 Å². The number of benzene rings is 1. The lowest BCUT2D eigenvalue weighted by molar-refractivity contribution is 0.294. The molecule has 112 valence electrons. The molecule has 0 bridgehead atoms. The molecule has 2 aromatic rings. The molecule has 0 fully saturated rings. The monoisotopic (exact) mass is 324 g/mol. The molecule has 0 spiro atoms. The highest BCUT2D eigenvalue weighted by atomic mass is 35.5. The molecule has 1 aromatic carbocycles. The Morgan fingerprint density at radius 3 is 2.81 bits per heavy atom. The maximum atomic E-state index is 6.20. The minimum atomic E-state index is 0.550. The van der Waals surface area contributed by atoms with Crippen LogP contribution in [0.15, 0.2) is 30.8 Å². The Labute approximate surface area is 135 Å². The Balaban J connectivity index is 2.16. The lowest BCUT2D eigenvalue weighted by atomic mass is 10.2. The van der Waals surface area contributed by atoms with Crippen LogP contribution in [0.25, 0.3) is 6.08 Å². The summed E-state index contributed by atoms with van der Waals surface area (Å²) in [6.45, 7) is 7.16. The van der Waals surface area contributed by atoms with Crippen molar-refractivity contribution in [3.63, 3.8) is 0 Å². The summed E-state index contributed by atoms with van der Waals surface area (Å²) in [5.74, 6) is 0.614. The lowest BCUT2D eigenvalue weighted by Gasteiger charge is -2.07. The van der Waals surface area contributed by atoms with E-state index >= 15 is 0 Å². The second-order valence-corrected chi connectivity index (χ2v) is 5.55. The fourth-order valence-electron chi connectivity index (χ4n) is 1.90. The molecule has 0 amide bonds. The molecule has 0 unspecified atom stereocenters. The Bertz CT molecular complexity index is 623. The average molecular weight is 325 g/mol. The van der Waals surface area contributed by atoms with E-state index in [2.05, 4.69) is 18.6 Å². The van der Waals surface area contributed by atoms with Crippen LogP contribution in [0.2, 0.25) is 10.0 Å².